The average molecular weight is 815 g/mol. The topological polar surface area (TPSA) is 26.0 Å². The molecule has 0 heterocycles. The molecule has 0 aromatic heterocycles. The first-order chi connectivity index (χ1) is 29.3. The molecule has 2 aliphatic carbocycles. The van der Waals surface area contributed by atoms with Crippen LogP contribution >= 0.6 is 11.6 Å². The molecule has 10 rings (SSSR count). The molecule has 0 unspecified atom stereocenters. The van der Waals surface area contributed by atoms with E-state index in [1.165, 1.54) is 94.6 Å². The van der Waals surface area contributed by atoms with E-state index in [1.54, 1.807) is 0 Å². The first kappa shape index (κ1) is 41.6. The van der Waals surface area contributed by atoms with Crippen molar-refractivity contribution >= 4 is 17.3 Å². The van der Waals surface area contributed by atoms with Crippen LogP contribution in [-0.2, 0) is 17.3 Å². The quantitative estimate of drug-likeness (QED) is 0.176. The van der Waals surface area contributed by atoms with Crippen molar-refractivity contribution in [3.63, 3.8) is 0 Å². The summed E-state index contributed by atoms with van der Waals surface area (Å²) in [7, 11) is 0. The highest BCUT2D eigenvalue weighted by molar-refractivity contribution is 6.31. The van der Waals surface area contributed by atoms with Crippen LogP contribution in [0, 0.1) is 27.7 Å². The number of benzene rings is 8. The fraction of sp³-hybridized carbons (Fsp3) is 0.186. The summed E-state index contributed by atoms with van der Waals surface area (Å²) in [4.78, 5) is 0. The molecule has 8 aromatic carbocycles. The second-order valence-electron chi connectivity index (χ2n) is 17.8. The van der Waals surface area contributed by atoms with Crippen molar-refractivity contribution in [2.24, 2.45) is 0 Å². The third-order valence-electron chi connectivity index (χ3n) is 13.3. The van der Waals surface area contributed by atoms with Crippen LogP contribution in [0.25, 0.3) is 44.5 Å². The molecule has 61 heavy (non-hydrogen) atoms. The predicted octanol–water partition coefficient (Wildman–Crippen LogP) is 16.1. The van der Waals surface area contributed by atoms with Crippen LogP contribution < -0.4 is 5.73 Å². The van der Waals surface area contributed by atoms with Crippen LogP contribution in [0.2, 0.25) is 5.02 Å². The molecule has 304 valence electrons. The highest BCUT2D eigenvalue weighted by atomic mass is 35.5. The molecule has 0 amide bonds. The van der Waals surface area contributed by atoms with E-state index >= 15 is 0 Å². The van der Waals surface area contributed by atoms with E-state index in [-0.39, 0.29) is 10.8 Å². The Kier molecular flexibility index (Phi) is 11.4. The minimum Gasteiger partial charge on any atom is -0.398 e. The van der Waals surface area contributed by atoms with Crippen molar-refractivity contribution in [2.75, 3.05) is 5.73 Å². The standard InChI is InChI=1S/C30H28.C16H15Cl.C13H13N/c1-20-14-15-24(22-10-6-5-7-11-22)19-25(20)18-23-16-17-28-29(21(23)2)26-12-8-9-13-27(26)30(28,3)4;1-10-14(17)9-8-13-15(10)11-6-4-5-7-12(11)16(13,2)3;1-10-7-8-12(9-13(10)14)11-5-3-2-4-6-11/h5-17,19H,18H2,1-4H3;4-9H,1-3H3;2-9H,14H2,1H3. The van der Waals surface area contributed by atoms with E-state index in [4.69, 9.17) is 17.3 Å². The second kappa shape index (κ2) is 16.7. The van der Waals surface area contributed by atoms with E-state index in [1.807, 2.05) is 37.3 Å². The van der Waals surface area contributed by atoms with Gasteiger partial charge in [0.2, 0.25) is 0 Å². The third-order valence-corrected chi connectivity index (χ3v) is 13.7. The third kappa shape index (κ3) is 7.84. The largest absolute Gasteiger partial charge is 0.398 e. The minimum absolute atomic E-state index is 0.0678. The van der Waals surface area contributed by atoms with Crippen LogP contribution in [0.4, 0.5) is 5.69 Å². The van der Waals surface area contributed by atoms with Gasteiger partial charge in [0.25, 0.3) is 0 Å². The number of rotatable bonds is 4. The monoisotopic (exact) mass is 813 g/mol. The summed E-state index contributed by atoms with van der Waals surface area (Å²) in [5.41, 5.74) is 31.0. The maximum absolute atomic E-state index is 6.25. The van der Waals surface area contributed by atoms with Gasteiger partial charge in [0.05, 0.1) is 0 Å². The van der Waals surface area contributed by atoms with Gasteiger partial charge in [-0.25, -0.2) is 0 Å². The van der Waals surface area contributed by atoms with Gasteiger partial charge in [-0.15, -0.1) is 0 Å². The molecule has 2 heteroatoms. The van der Waals surface area contributed by atoms with E-state index in [2.05, 4.69) is 188 Å². The molecule has 1 nitrogen and oxygen atoms in total. The number of halogens is 1. The van der Waals surface area contributed by atoms with Crippen molar-refractivity contribution in [3.05, 3.63) is 231 Å². The van der Waals surface area contributed by atoms with Crippen molar-refractivity contribution in [1.29, 1.82) is 0 Å². The Labute approximate surface area is 368 Å². The number of hydrogen-bond acceptors (Lipinski definition) is 1. The van der Waals surface area contributed by atoms with Gasteiger partial charge in [-0.2, -0.15) is 0 Å². The van der Waals surface area contributed by atoms with Crippen molar-refractivity contribution in [3.8, 4) is 44.5 Å². The van der Waals surface area contributed by atoms with Crippen molar-refractivity contribution in [1.82, 2.24) is 0 Å². The molecular weight excluding hydrogens is 758 g/mol. The lowest BCUT2D eigenvalue weighted by Crippen LogP contribution is -2.15. The lowest BCUT2D eigenvalue weighted by Gasteiger charge is -2.22. The first-order valence-corrected chi connectivity index (χ1v) is 21.8. The second-order valence-corrected chi connectivity index (χ2v) is 18.2. The Bertz CT molecular complexity index is 2880. The Morgan fingerprint density at radius 2 is 0.869 bits per heavy atom. The molecule has 0 saturated heterocycles. The number of nitrogens with two attached hydrogens (primary N) is 1. The highest BCUT2D eigenvalue weighted by Crippen LogP contribution is 2.52. The van der Waals surface area contributed by atoms with Gasteiger partial charge in [-0.3, -0.25) is 0 Å². The maximum Gasteiger partial charge on any atom is 0.0441 e. The smallest absolute Gasteiger partial charge is 0.0441 e. The molecule has 2 aliphatic rings. The highest BCUT2D eigenvalue weighted by Gasteiger charge is 2.37. The molecule has 0 saturated carbocycles. The van der Waals surface area contributed by atoms with Gasteiger partial charge in [0, 0.05) is 21.5 Å². The van der Waals surface area contributed by atoms with Crippen LogP contribution in [0.3, 0.4) is 0 Å². The zero-order chi connectivity index (χ0) is 43.1. The average Bonchev–Trinajstić information content (AvgIpc) is 3.66. The first-order valence-electron chi connectivity index (χ1n) is 21.5. The van der Waals surface area contributed by atoms with Crippen LogP contribution in [0.15, 0.2) is 170 Å². The Hall–Kier alpha value is -6.15. The van der Waals surface area contributed by atoms with Crippen molar-refractivity contribution < 1.29 is 0 Å². The summed E-state index contributed by atoms with van der Waals surface area (Å²) in [5.74, 6) is 0. The number of fused-ring (bicyclic) bond motifs is 6. The molecule has 0 bridgehead atoms. The summed E-state index contributed by atoms with van der Waals surface area (Å²) in [6.07, 6.45) is 0.966. The summed E-state index contributed by atoms with van der Waals surface area (Å²) in [6.45, 7) is 17.9. The lowest BCUT2D eigenvalue weighted by molar-refractivity contribution is 0.660. The zero-order valence-corrected chi connectivity index (χ0v) is 37.6. The van der Waals surface area contributed by atoms with Crippen LogP contribution in [0.1, 0.15) is 83.3 Å². The minimum atomic E-state index is 0.0678. The predicted molar refractivity (Wildman–Crippen MR) is 263 cm³/mol. The number of nitrogen functional groups attached to an aromatic ring is 1. The normalized spacial score (nSPS) is 13.4. The Balaban J connectivity index is 0.000000140. The molecule has 2 N–H and O–H groups in total. The lowest BCUT2D eigenvalue weighted by atomic mass is 9.81. The van der Waals surface area contributed by atoms with Gasteiger partial charge >= 0.3 is 0 Å². The SMILES string of the molecule is Cc1c(Cl)ccc2c1-c1ccccc1C2(C)C.Cc1ccc(-c2ccccc2)cc1Cc1ccc2c(c1C)-c1ccccc1C2(C)C.Cc1ccc(-c2ccccc2)cc1N. The van der Waals surface area contributed by atoms with E-state index < -0.39 is 0 Å². The number of aryl methyl sites for hydroxylation is 2. The molecule has 0 aliphatic heterocycles. The van der Waals surface area contributed by atoms with Gasteiger partial charge in [-0.1, -0.05) is 197 Å². The van der Waals surface area contributed by atoms with Gasteiger partial charge in [0.15, 0.2) is 0 Å². The molecule has 8 aromatic rings. The van der Waals surface area contributed by atoms with Gasteiger partial charge in [-0.05, 0) is 146 Å². The maximum atomic E-state index is 6.25. The van der Waals surface area contributed by atoms with Gasteiger partial charge < -0.3 is 5.73 Å². The molecule has 0 atom stereocenters. The van der Waals surface area contributed by atoms with Crippen LogP contribution in [0.5, 0.6) is 0 Å². The number of anilines is 1. The number of hydrogen-bond donors (Lipinski definition) is 1. The summed E-state index contributed by atoms with van der Waals surface area (Å²) < 4.78 is 0. The van der Waals surface area contributed by atoms with Gasteiger partial charge in [0.1, 0.15) is 0 Å². The van der Waals surface area contributed by atoms with Crippen molar-refractivity contribution in [2.45, 2.75) is 72.6 Å². The summed E-state index contributed by atoms with van der Waals surface area (Å²) in [5, 5.41) is 0.858. The Morgan fingerprint density at radius 3 is 1.41 bits per heavy atom. The van der Waals surface area contributed by atoms with Crippen LogP contribution in [-0.4, -0.2) is 0 Å². The molecule has 0 spiro atoms. The Morgan fingerprint density at radius 1 is 0.410 bits per heavy atom. The summed E-state index contributed by atoms with van der Waals surface area (Å²) in [6, 6.07) is 60.5. The molecule has 0 radical (unpaired) electrons. The fourth-order valence-corrected chi connectivity index (χ4v) is 9.64. The molecule has 0 fully saturated rings. The van der Waals surface area contributed by atoms with E-state index in [9.17, 15) is 0 Å². The van der Waals surface area contributed by atoms with E-state index in [0.29, 0.717) is 0 Å². The van der Waals surface area contributed by atoms with E-state index in [0.717, 1.165) is 22.7 Å². The zero-order valence-electron chi connectivity index (χ0n) is 36.8. The fourth-order valence-electron chi connectivity index (χ4n) is 9.48. The summed E-state index contributed by atoms with van der Waals surface area (Å²) >= 11 is 6.25. The molecular formula is C59H56ClN.